The Kier molecular flexibility index (Phi) is 6.70. The molecule has 0 aromatic heterocycles. The number of hydrogen-bond acceptors (Lipinski definition) is 2. The minimum Gasteiger partial charge on any atom is -0.336 e. The maximum atomic E-state index is 12.9. The molecule has 0 fully saturated rings. The summed E-state index contributed by atoms with van der Waals surface area (Å²) in [4.78, 5) is 25.7. The summed E-state index contributed by atoms with van der Waals surface area (Å²) in [6, 6.07) is 11.6. The first kappa shape index (κ1) is 19.1. The first-order valence-corrected chi connectivity index (χ1v) is 8.69. The third-order valence-electron chi connectivity index (χ3n) is 3.81. The van der Waals surface area contributed by atoms with Crippen molar-refractivity contribution in [3.63, 3.8) is 0 Å². The molecule has 0 heterocycles. The minimum atomic E-state index is -0.299. The van der Waals surface area contributed by atoms with Gasteiger partial charge in [-0.2, -0.15) is 0 Å². The van der Waals surface area contributed by atoms with Gasteiger partial charge in [0.2, 0.25) is 11.8 Å². The van der Waals surface area contributed by atoms with E-state index in [1.807, 2.05) is 25.1 Å². The van der Waals surface area contributed by atoms with Crippen LogP contribution >= 0.6 is 15.9 Å². The monoisotopic (exact) mass is 406 g/mol. The van der Waals surface area contributed by atoms with Crippen molar-refractivity contribution in [3.05, 3.63) is 63.9 Å². The highest BCUT2D eigenvalue weighted by atomic mass is 79.9. The molecule has 0 bridgehead atoms. The van der Waals surface area contributed by atoms with Crippen molar-refractivity contribution in [3.8, 4) is 0 Å². The van der Waals surface area contributed by atoms with Crippen molar-refractivity contribution in [2.75, 3.05) is 18.9 Å². The van der Waals surface area contributed by atoms with Gasteiger partial charge in [-0.3, -0.25) is 9.59 Å². The van der Waals surface area contributed by atoms with E-state index in [-0.39, 0.29) is 30.6 Å². The smallest absolute Gasteiger partial charge is 0.243 e. The van der Waals surface area contributed by atoms with E-state index in [0.717, 1.165) is 21.3 Å². The summed E-state index contributed by atoms with van der Waals surface area (Å²) in [5.74, 6) is -0.679. The van der Waals surface area contributed by atoms with Crippen LogP contribution in [0.2, 0.25) is 0 Å². The minimum absolute atomic E-state index is 0.0161. The van der Waals surface area contributed by atoms with E-state index in [0.29, 0.717) is 6.42 Å². The van der Waals surface area contributed by atoms with Gasteiger partial charge >= 0.3 is 0 Å². The Balaban J connectivity index is 1.83. The number of anilines is 1. The van der Waals surface area contributed by atoms with E-state index < -0.39 is 0 Å². The number of likely N-dealkylation sites (N-methyl/N-ethyl adjacent to an activating group) is 1. The molecule has 2 aromatic carbocycles. The van der Waals surface area contributed by atoms with Crippen LogP contribution in [0.3, 0.4) is 0 Å². The van der Waals surface area contributed by atoms with Gasteiger partial charge in [0.05, 0.1) is 6.54 Å². The summed E-state index contributed by atoms with van der Waals surface area (Å²) in [6.07, 6.45) is 0.781. The molecule has 0 spiro atoms. The average molecular weight is 407 g/mol. The van der Waals surface area contributed by atoms with Gasteiger partial charge in [0, 0.05) is 23.6 Å². The molecule has 2 rings (SSSR count). The normalized spacial score (nSPS) is 10.4. The molecular formula is C19H20BrFN2O2. The Morgan fingerprint density at radius 1 is 1.16 bits per heavy atom. The van der Waals surface area contributed by atoms with E-state index in [1.165, 1.54) is 17.0 Å². The molecule has 0 saturated carbocycles. The highest BCUT2D eigenvalue weighted by Crippen LogP contribution is 2.20. The van der Waals surface area contributed by atoms with E-state index in [9.17, 15) is 14.0 Å². The summed E-state index contributed by atoms with van der Waals surface area (Å²) >= 11 is 3.38. The molecule has 0 unspecified atom stereocenters. The second-order valence-electron chi connectivity index (χ2n) is 5.88. The Morgan fingerprint density at radius 2 is 1.84 bits per heavy atom. The van der Waals surface area contributed by atoms with Gasteiger partial charge in [0.25, 0.3) is 0 Å². The van der Waals surface area contributed by atoms with Crippen LogP contribution in [0.5, 0.6) is 0 Å². The molecule has 0 aliphatic rings. The molecule has 0 saturated heterocycles. The van der Waals surface area contributed by atoms with Crippen LogP contribution < -0.4 is 5.32 Å². The molecule has 4 nitrogen and oxygen atoms in total. The predicted molar refractivity (Wildman–Crippen MR) is 99.9 cm³/mol. The van der Waals surface area contributed by atoms with E-state index in [2.05, 4.69) is 21.2 Å². The van der Waals surface area contributed by atoms with Crippen molar-refractivity contribution in [2.24, 2.45) is 0 Å². The quantitative estimate of drug-likeness (QED) is 0.789. The summed E-state index contributed by atoms with van der Waals surface area (Å²) in [5.41, 5.74) is 2.55. The highest BCUT2D eigenvalue weighted by molar-refractivity contribution is 9.10. The highest BCUT2D eigenvalue weighted by Gasteiger charge is 2.14. The maximum Gasteiger partial charge on any atom is 0.243 e. The van der Waals surface area contributed by atoms with E-state index >= 15 is 0 Å². The topological polar surface area (TPSA) is 49.4 Å². The largest absolute Gasteiger partial charge is 0.336 e. The second-order valence-corrected chi connectivity index (χ2v) is 6.80. The lowest BCUT2D eigenvalue weighted by molar-refractivity contribution is -0.133. The average Bonchev–Trinajstić information content (AvgIpc) is 2.56. The summed E-state index contributed by atoms with van der Waals surface area (Å²) in [6.45, 7) is 1.88. The molecule has 0 atom stereocenters. The molecule has 2 amide bonds. The number of rotatable bonds is 6. The molecule has 0 aliphatic heterocycles. The predicted octanol–water partition coefficient (Wildman–Crippen LogP) is 3.93. The maximum absolute atomic E-state index is 12.9. The molecule has 1 N–H and O–H groups in total. The molecule has 0 radical (unpaired) electrons. The van der Waals surface area contributed by atoms with Crippen LogP contribution in [0.25, 0.3) is 0 Å². The van der Waals surface area contributed by atoms with Crippen LogP contribution in [0.15, 0.2) is 46.9 Å². The van der Waals surface area contributed by atoms with Crippen LogP contribution in [0.4, 0.5) is 10.1 Å². The lowest BCUT2D eigenvalue weighted by atomic mass is 10.1. The molecule has 0 aliphatic carbocycles. The third-order valence-corrected chi connectivity index (χ3v) is 4.30. The van der Waals surface area contributed by atoms with Crippen molar-refractivity contribution in [1.29, 1.82) is 0 Å². The van der Waals surface area contributed by atoms with Gasteiger partial charge in [0.15, 0.2) is 0 Å². The Labute approximate surface area is 155 Å². The van der Waals surface area contributed by atoms with Crippen molar-refractivity contribution in [2.45, 2.75) is 19.8 Å². The molecule has 25 heavy (non-hydrogen) atoms. The summed E-state index contributed by atoms with van der Waals surface area (Å²) in [5, 5.41) is 2.81. The van der Waals surface area contributed by atoms with Crippen LogP contribution in [0, 0.1) is 12.7 Å². The number of carbonyl (C=O) groups excluding carboxylic acids is 2. The van der Waals surface area contributed by atoms with Crippen LogP contribution in [0.1, 0.15) is 17.5 Å². The zero-order chi connectivity index (χ0) is 18.4. The van der Waals surface area contributed by atoms with Gasteiger partial charge in [-0.05, 0) is 54.8 Å². The SMILES string of the molecule is Cc1cc(Br)ccc1NC(=O)CN(C)C(=O)CCc1ccc(F)cc1. The number of hydrogen-bond donors (Lipinski definition) is 1. The lowest BCUT2D eigenvalue weighted by Crippen LogP contribution is -2.35. The van der Waals surface area contributed by atoms with Crippen molar-refractivity contribution in [1.82, 2.24) is 4.90 Å². The number of nitrogens with one attached hydrogen (secondary N) is 1. The molecule has 132 valence electrons. The van der Waals surface area contributed by atoms with Crippen LogP contribution in [-0.4, -0.2) is 30.3 Å². The second kappa shape index (κ2) is 8.76. The van der Waals surface area contributed by atoms with Gasteiger partial charge in [0.1, 0.15) is 5.82 Å². The number of carbonyl (C=O) groups is 2. The fraction of sp³-hybridized carbons (Fsp3) is 0.263. The summed E-state index contributed by atoms with van der Waals surface area (Å²) in [7, 11) is 1.60. The first-order valence-electron chi connectivity index (χ1n) is 7.89. The van der Waals surface area contributed by atoms with Crippen molar-refractivity contribution >= 4 is 33.4 Å². The fourth-order valence-corrected chi connectivity index (χ4v) is 2.83. The Hall–Kier alpha value is -2.21. The molecule has 6 heteroatoms. The zero-order valence-corrected chi connectivity index (χ0v) is 15.8. The number of halogens is 2. The van der Waals surface area contributed by atoms with E-state index in [1.54, 1.807) is 19.2 Å². The van der Waals surface area contributed by atoms with Gasteiger partial charge in [-0.25, -0.2) is 4.39 Å². The number of aryl methyl sites for hydroxylation is 2. The molecule has 2 aromatic rings. The number of benzene rings is 2. The zero-order valence-electron chi connectivity index (χ0n) is 14.2. The fourth-order valence-electron chi connectivity index (χ4n) is 2.35. The number of amides is 2. The Morgan fingerprint density at radius 3 is 2.48 bits per heavy atom. The first-order chi connectivity index (χ1) is 11.8. The van der Waals surface area contributed by atoms with Crippen LogP contribution in [-0.2, 0) is 16.0 Å². The summed E-state index contributed by atoms with van der Waals surface area (Å²) < 4.78 is 13.8. The van der Waals surface area contributed by atoms with Crippen molar-refractivity contribution < 1.29 is 14.0 Å². The lowest BCUT2D eigenvalue weighted by Gasteiger charge is -2.17. The van der Waals surface area contributed by atoms with Gasteiger partial charge in [-0.15, -0.1) is 0 Å². The third kappa shape index (κ3) is 5.98. The van der Waals surface area contributed by atoms with Gasteiger partial charge < -0.3 is 10.2 Å². The van der Waals surface area contributed by atoms with E-state index in [4.69, 9.17) is 0 Å². The Bertz CT molecular complexity index is 763. The standard InChI is InChI=1S/C19H20BrFN2O2/c1-13-11-15(20)6-9-17(13)22-18(24)12-23(2)19(25)10-5-14-3-7-16(21)8-4-14/h3-4,6-9,11H,5,10,12H2,1-2H3,(H,22,24). The molecular weight excluding hydrogens is 387 g/mol. The number of nitrogens with zero attached hydrogens (tertiary/aromatic N) is 1. The van der Waals surface area contributed by atoms with Gasteiger partial charge in [-0.1, -0.05) is 28.1 Å².